The molecule has 1 fully saturated rings. The molecule has 0 bridgehead atoms. The fraction of sp³-hybridized carbons (Fsp3) is 0.467. The second-order valence-corrected chi connectivity index (χ2v) is 7.00. The Hall–Kier alpha value is -0.380. The summed E-state index contributed by atoms with van der Waals surface area (Å²) in [6.07, 6.45) is 2.82. The SMILES string of the molecule is CNC(c1csc2c(Br)cccc12)C(C)C1CC1. The molecule has 2 unspecified atom stereocenters. The number of rotatable bonds is 4. The van der Waals surface area contributed by atoms with Crippen LogP contribution in [0.1, 0.15) is 31.4 Å². The van der Waals surface area contributed by atoms with Gasteiger partial charge in [-0.2, -0.15) is 0 Å². The highest BCUT2D eigenvalue weighted by Gasteiger charge is 2.34. The lowest BCUT2D eigenvalue weighted by Crippen LogP contribution is -2.24. The predicted octanol–water partition coefficient (Wildman–Crippen LogP) is 4.97. The van der Waals surface area contributed by atoms with Crippen molar-refractivity contribution in [2.24, 2.45) is 11.8 Å². The van der Waals surface area contributed by atoms with E-state index in [0.29, 0.717) is 6.04 Å². The molecular weight excluding hydrogens is 306 g/mol. The molecular formula is C15H18BrNS. The Bertz CT molecular complexity index is 559. The van der Waals surface area contributed by atoms with E-state index >= 15 is 0 Å². The minimum atomic E-state index is 0.487. The zero-order valence-electron chi connectivity index (χ0n) is 10.7. The zero-order valence-corrected chi connectivity index (χ0v) is 13.1. The Labute approximate surface area is 121 Å². The molecule has 1 heterocycles. The lowest BCUT2D eigenvalue weighted by molar-refractivity contribution is 0.371. The number of fused-ring (bicyclic) bond motifs is 1. The van der Waals surface area contributed by atoms with Gasteiger partial charge in [0.15, 0.2) is 0 Å². The van der Waals surface area contributed by atoms with E-state index in [2.05, 4.69) is 58.8 Å². The predicted molar refractivity (Wildman–Crippen MR) is 83.2 cm³/mol. The van der Waals surface area contributed by atoms with Crippen LogP contribution in [0.25, 0.3) is 10.1 Å². The largest absolute Gasteiger partial charge is 0.313 e. The second kappa shape index (κ2) is 4.95. The Morgan fingerprint density at radius 3 is 2.83 bits per heavy atom. The summed E-state index contributed by atoms with van der Waals surface area (Å²) >= 11 is 5.50. The van der Waals surface area contributed by atoms with Crippen LogP contribution < -0.4 is 5.32 Å². The summed E-state index contributed by atoms with van der Waals surface area (Å²) in [5.74, 6) is 1.65. The van der Waals surface area contributed by atoms with Gasteiger partial charge in [0.2, 0.25) is 0 Å². The van der Waals surface area contributed by atoms with Gasteiger partial charge in [-0.1, -0.05) is 19.1 Å². The fourth-order valence-electron chi connectivity index (χ4n) is 2.88. The fourth-order valence-corrected chi connectivity index (χ4v) is 4.54. The normalized spacial score (nSPS) is 19.1. The van der Waals surface area contributed by atoms with Crippen LogP contribution in [0.4, 0.5) is 0 Å². The summed E-state index contributed by atoms with van der Waals surface area (Å²) in [6.45, 7) is 2.39. The van der Waals surface area contributed by atoms with E-state index in [1.807, 2.05) is 11.3 Å². The average Bonchev–Trinajstić information content (AvgIpc) is 3.13. The smallest absolute Gasteiger partial charge is 0.0488 e. The van der Waals surface area contributed by atoms with Crippen molar-refractivity contribution in [2.75, 3.05) is 7.05 Å². The molecule has 1 saturated carbocycles. The van der Waals surface area contributed by atoms with Crippen molar-refractivity contribution in [1.82, 2.24) is 5.32 Å². The van der Waals surface area contributed by atoms with Gasteiger partial charge in [0.25, 0.3) is 0 Å². The van der Waals surface area contributed by atoms with Gasteiger partial charge in [-0.15, -0.1) is 11.3 Å². The van der Waals surface area contributed by atoms with Crippen LogP contribution >= 0.6 is 27.3 Å². The molecule has 3 rings (SSSR count). The maximum Gasteiger partial charge on any atom is 0.0488 e. The molecule has 18 heavy (non-hydrogen) atoms. The topological polar surface area (TPSA) is 12.0 Å². The first-order valence-electron chi connectivity index (χ1n) is 6.55. The lowest BCUT2D eigenvalue weighted by atomic mass is 9.90. The van der Waals surface area contributed by atoms with E-state index in [4.69, 9.17) is 0 Å². The molecule has 1 aliphatic rings. The first kappa shape index (κ1) is 12.6. The van der Waals surface area contributed by atoms with E-state index in [-0.39, 0.29) is 0 Å². The molecule has 0 saturated heterocycles. The van der Waals surface area contributed by atoms with Crippen molar-refractivity contribution in [3.05, 3.63) is 33.6 Å². The first-order valence-corrected chi connectivity index (χ1v) is 8.22. The number of thiophene rings is 1. The van der Waals surface area contributed by atoms with Gasteiger partial charge in [-0.3, -0.25) is 0 Å². The van der Waals surface area contributed by atoms with Gasteiger partial charge >= 0.3 is 0 Å². The van der Waals surface area contributed by atoms with E-state index in [1.54, 1.807) is 0 Å². The molecule has 0 amide bonds. The van der Waals surface area contributed by atoms with Crippen LogP contribution in [-0.4, -0.2) is 7.05 Å². The third-order valence-electron chi connectivity index (χ3n) is 4.12. The summed E-state index contributed by atoms with van der Waals surface area (Å²) < 4.78 is 2.58. The van der Waals surface area contributed by atoms with Gasteiger partial charge in [-0.25, -0.2) is 0 Å². The number of nitrogens with one attached hydrogen (secondary N) is 1. The third-order valence-corrected chi connectivity index (χ3v) is 6.09. The molecule has 1 aromatic heterocycles. The van der Waals surface area contributed by atoms with Crippen molar-refractivity contribution in [3.8, 4) is 0 Å². The monoisotopic (exact) mass is 323 g/mol. The van der Waals surface area contributed by atoms with E-state index in [0.717, 1.165) is 11.8 Å². The molecule has 96 valence electrons. The summed E-state index contributed by atoms with van der Waals surface area (Å²) in [5.41, 5.74) is 1.47. The van der Waals surface area contributed by atoms with Crippen molar-refractivity contribution in [3.63, 3.8) is 0 Å². The molecule has 3 heteroatoms. The Morgan fingerprint density at radius 2 is 2.17 bits per heavy atom. The van der Waals surface area contributed by atoms with Gasteiger partial charge in [0.1, 0.15) is 0 Å². The molecule has 0 aliphatic heterocycles. The van der Waals surface area contributed by atoms with E-state index in [1.165, 1.54) is 33.0 Å². The Balaban J connectivity index is 2.04. The molecule has 2 aromatic rings. The lowest BCUT2D eigenvalue weighted by Gasteiger charge is -2.23. The average molecular weight is 324 g/mol. The molecule has 1 aromatic carbocycles. The van der Waals surface area contributed by atoms with Crippen LogP contribution in [0.2, 0.25) is 0 Å². The summed E-state index contributed by atoms with van der Waals surface area (Å²) in [4.78, 5) is 0. The molecule has 1 N–H and O–H groups in total. The number of hydrogen-bond acceptors (Lipinski definition) is 2. The number of benzene rings is 1. The van der Waals surface area contributed by atoms with Crippen LogP contribution in [0.5, 0.6) is 0 Å². The van der Waals surface area contributed by atoms with Crippen LogP contribution in [0.3, 0.4) is 0 Å². The molecule has 2 atom stereocenters. The maximum atomic E-state index is 3.65. The van der Waals surface area contributed by atoms with E-state index in [9.17, 15) is 0 Å². The van der Waals surface area contributed by atoms with Gasteiger partial charge in [-0.05, 0) is 70.1 Å². The van der Waals surface area contributed by atoms with Crippen LogP contribution in [0.15, 0.2) is 28.1 Å². The van der Waals surface area contributed by atoms with Gasteiger partial charge in [0, 0.05) is 15.2 Å². The minimum absolute atomic E-state index is 0.487. The number of halogens is 1. The summed E-state index contributed by atoms with van der Waals surface area (Å²) in [5, 5.41) is 7.26. The van der Waals surface area contributed by atoms with Crippen molar-refractivity contribution >= 4 is 37.4 Å². The summed E-state index contributed by atoms with van der Waals surface area (Å²) in [7, 11) is 2.09. The highest BCUT2D eigenvalue weighted by molar-refractivity contribution is 9.10. The molecule has 0 spiro atoms. The minimum Gasteiger partial charge on any atom is -0.313 e. The number of hydrogen-bond donors (Lipinski definition) is 1. The van der Waals surface area contributed by atoms with Crippen molar-refractivity contribution in [2.45, 2.75) is 25.8 Å². The molecule has 1 aliphatic carbocycles. The second-order valence-electron chi connectivity index (χ2n) is 5.27. The van der Waals surface area contributed by atoms with Gasteiger partial charge < -0.3 is 5.32 Å². The van der Waals surface area contributed by atoms with Crippen molar-refractivity contribution < 1.29 is 0 Å². The van der Waals surface area contributed by atoms with E-state index < -0.39 is 0 Å². The van der Waals surface area contributed by atoms with Crippen LogP contribution in [-0.2, 0) is 0 Å². The highest BCUT2D eigenvalue weighted by Crippen LogP contribution is 2.45. The van der Waals surface area contributed by atoms with Crippen molar-refractivity contribution in [1.29, 1.82) is 0 Å². The molecule has 1 nitrogen and oxygen atoms in total. The quantitative estimate of drug-likeness (QED) is 0.837. The zero-order chi connectivity index (χ0) is 12.7. The third kappa shape index (κ3) is 2.13. The molecule has 0 radical (unpaired) electrons. The Kier molecular flexibility index (Phi) is 3.48. The van der Waals surface area contributed by atoms with Crippen LogP contribution in [0, 0.1) is 11.8 Å². The summed E-state index contributed by atoms with van der Waals surface area (Å²) in [6, 6.07) is 6.99. The Morgan fingerprint density at radius 1 is 1.39 bits per heavy atom. The maximum absolute atomic E-state index is 3.65. The first-order chi connectivity index (χ1) is 8.72. The standard InChI is InChI=1S/C15H18BrNS/c1-9(10-6-7-10)14(17-2)12-8-18-15-11(12)4-3-5-13(15)16/h3-5,8-10,14,17H,6-7H2,1-2H3. The highest BCUT2D eigenvalue weighted by atomic mass is 79.9. The van der Waals surface area contributed by atoms with Gasteiger partial charge in [0.05, 0.1) is 0 Å².